The van der Waals surface area contributed by atoms with E-state index in [0.717, 1.165) is 23.2 Å². The summed E-state index contributed by atoms with van der Waals surface area (Å²) in [5, 5.41) is 3.74. The van der Waals surface area contributed by atoms with Gasteiger partial charge in [0.05, 0.1) is 27.3 Å². The van der Waals surface area contributed by atoms with E-state index in [-0.39, 0.29) is 11.9 Å². The predicted molar refractivity (Wildman–Crippen MR) is 142 cm³/mol. The Labute approximate surface area is 226 Å². The zero-order valence-corrected chi connectivity index (χ0v) is 22.2. The maximum atomic E-state index is 14.9. The third kappa shape index (κ3) is 5.62. The minimum atomic E-state index is -4.73. The zero-order valence-electron chi connectivity index (χ0n) is 20.6. The van der Waals surface area contributed by atoms with Crippen LogP contribution in [0.1, 0.15) is 30.5 Å². The third-order valence-corrected chi connectivity index (χ3v) is 8.56. The number of aromatic nitrogens is 5. The summed E-state index contributed by atoms with van der Waals surface area (Å²) in [7, 11) is -4.73. The van der Waals surface area contributed by atoms with Gasteiger partial charge in [-0.3, -0.25) is 5.32 Å². The van der Waals surface area contributed by atoms with Crippen molar-refractivity contribution in [3.63, 3.8) is 0 Å². The Hall–Kier alpha value is -3.88. The lowest BCUT2D eigenvalue weighted by Gasteiger charge is -2.22. The monoisotopic (exact) mass is 573 g/mol. The molecular formula is C25H22F3N7O2S2. The number of benzene rings is 1. The maximum absolute atomic E-state index is 14.9. The molecule has 0 bridgehead atoms. The van der Waals surface area contributed by atoms with Gasteiger partial charge < -0.3 is 4.98 Å². The highest BCUT2D eigenvalue weighted by atomic mass is 32.2. The number of hydrogen-bond donors (Lipinski definition) is 3. The molecule has 0 saturated heterocycles. The van der Waals surface area contributed by atoms with Crippen LogP contribution in [0, 0.1) is 11.6 Å². The van der Waals surface area contributed by atoms with Crippen LogP contribution in [0.15, 0.2) is 66.0 Å². The van der Waals surface area contributed by atoms with Crippen LogP contribution < -0.4 is 10.0 Å². The van der Waals surface area contributed by atoms with E-state index < -0.39 is 38.8 Å². The smallest absolute Gasteiger partial charge is 0.247 e. The summed E-state index contributed by atoms with van der Waals surface area (Å²) in [6.07, 6.45) is 7.00. The Morgan fingerprint density at radius 3 is 2.54 bits per heavy atom. The summed E-state index contributed by atoms with van der Waals surface area (Å²) < 4.78 is 71.0. The number of allylic oxidation sites excluding steroid dienone is 2. The Morgan fingerprint density at radius 2 is 1.85 bits per heavy atom. The number of anilines is 2. The molecule has 1 aliphatic rings. The first-order valence-electron chi connectivity index (χ1n) is 11.7. The molecule has 0 spiro atoms. The van der Waals surface area contributed by atoms with Gasteiger partial charge in [-0.15, -0.1) is 11.3 Å². The van der Waals surface area contributed by atoms with E-state index in [4.69, 9.17) is 4.98 Å². The summed E-state index contributed by atoms with van der Waals surface area (Å²) in [5.41, 5.74) is 1.40. The van der Waals surface area contributed by atoms with Gasteiger partial charge in [-0.05, 0) is 29.8 Å². The molecule has 3 heterocycles. The minimum absolute atomic E-state index is 0.0606. The number of aromatic amines is 1. The molecule has 0 radical (unpaired) electrons. The molecule has 5 rings (SSSR count). The molecule has 3 N–H and O–H groups in total. The van der Waals surface area contributed by atoms with E-state index in [1.54, 1.807) is 24.7 Å². The fraction of sp³-hybridized carbons (Fsp3) is 0.200. The van der Waals surface area contributed by atoms with Gasteiger partial charge in [-0.25, -0.2) is 46.2 Å². The first-order valence-corrected chi connectivity index (χ1v) is 14.0. The van der Waals surface area contributed by atoms with Crippen molar-refractivity contribution in [3.05, 3.63) is 83.4 Å². The predicted octanol–water partition coefficient (Wildman–Crippen LogP) is 5.11. The second-order valence-electron chi connectivity index (χ2n) is 8.84. The highest BCUT2D eigenvalue weighted by molar-refractivity contribution is 7.89. The van der Waals surface area contributed by atoms with Gasteiger partial charge in [0, 0.05) is 24.5 Å². The van der Waals surface area contributed by atoms with Crippen molar-refractivity contribution in [1.29, 1.82) is 0 Å². The SMILES string of the molecule is CC(C)c1nc(C2=CC(NS(=O)(=O)c3c(F)cccc3F)C(F)C=C2)c(-c2ccnc(Nc3ncc[nH]3)n2)s1. The molecular weight excluding hydrogens is 551 g/mol. The quantitative estimate of drug-likeness (QED) is 0.268. The van der Waals surface area contributed by atoms with Crippen molar-refractivity contribution in [1.82, 2.24) is 29.6 Å². The van der Waals surface area contributed by atoms with Crippen LogP contribution in [0.25, 0.3) is 16.1 Å². The van der Waals surface area contributed by atoms with Crippen molar-refractivity contribution in [2.45, 2.75) is 36.9 Å². The summed E-state index contributed by atoms with van der Waals surface area (Å²) in [4.78, 5) is 20.0. The molecule has 1 aromatic carbocycles. The molecule has 2 atom stereocenters. The second-order valence-corrected chi connectivity index (χ2v) is 11.5. The van der Waals surface area contributed by atoms with Crippen molar-refractivity contribution in [3.8, 4) is 10.6 Å². The largest absolute Gasteiger partial charge is 0.331 e. The Balaban J connectivity index is 1.52. The normalized spacial score (nSPS) is 17.4. The lowest BCUT2D eigenvalue weighted by atomic mass is 9.98. The van der Waals surface area contributed by atoms with Gasteiger partial charge in [0.2, 0.25) is 21.9 Å². The number of rotatable bonds is 8. The summed E-state index contributed by atoms with van der Waals surface area (Å²) in [6, 6.07) is 2.94. The highest BCUT2D eigenvalue weighted by Crippen LogP contribution is 2.38. The first kappa shape index (κ1) is 26.7. The van der Waals surface area contributed by atoms with Crippen molar-refractivity contribution < 1.29 is 21.6 Å². The van der Waals surface area contributed by atoms with E-state index >= 15 is 0 Å². The van der Waals surface area contributed by atoms with Crippen LogP contribution in [-0.4, -0.2) is 45.6 Å². The average Bonchev–Trinajstić information content (AvgIpc) is 3.56. The number of imidazole rings is 1. The van der Waals surface area contributed by atoms with Crippen LogP contribution in [0.2, 0.25) is 0 Å². The topological polar surface area (TPSA) is 126 Å². The maximum Gasteiger partial charge on any atom is 0.247 e. The van der Waals surface area contributed by atoms with E-state index in [9.17, 15) is 21.6 Å². The minimum Gasteiger partial charge on any atom is -0.331 e. The lowest BCUT2D eigenvalue weighted by Crippen LogP contribution is -2.41. The molecule has 0 saturated carbocycles. The van der Waals surface area contributed by atoms with Gasteiger partial charge >= 0.3 is 0 Å². The van der Waals surface area contributed by atoms with Crippen LogP contribution in [0.3, 0.4) is 0 Å². The molecule has 2 unspecified atom stereocenters. The summed E-state index contributed by atoms with van der Waals surface area (Å²) in [5.74, 6) is -1.76. The molecule has 4 aromatic rings. The van der Waals surface area contributed by atoms with Crippen LogP contribution in [0.4, 0.5) is 25.1 Å². The highest BCUT2D eigenvalue weighted by Gasteiger charge is 2.31. The van der Waals surface area contributed by atoms with Crippen LogP contribution in [0.5, 0.6) is 0 Å². The summed E-state index contributed by atoms with van der Waals surface area (Å²) >= 11 is 1.39. The Kier molecular flexibility index (Phi) is 7.34. The van der Waals surface area contributed by atoms with Crippen LogP contribution in [-0.2, 0) is 10.0 Å². The van der Waals surface area contributed by atoms with Crippen molar-refractivity contribution in [2.75, 3.05) is 5.32 Å². The van der Waals surface area contributed by atoms with Gasteiger partial charge in [0.25, 0.3) is 0 Å². The van der Waals surface area contributed by atoms with Gasteiger partial charge in [-0.1, -0.05) is 32.1 Å². The number of thiazole rings is 1. The number of halogens is 3. The van der Waals surface area contributed by atoms with Crippen LogP contribution >= 0.6 is 11.3 Å². The third-order valence-electron chi connectivity index (χ3n) is 5.67. The molecule has 39 heavy (non-hydrogen) atoms. The number of nitrogens with zero attached hydrogens (tertiary/aromatic N) is 4. The zero-order chi connectivity index (χ0) is 27.7. The molecule has 202 valence electrons. The summed E-state index contributed by atoms with van der Waals surface area (Å²) in [6.45, 7) is 3.94. The van der Waals surface area contributed by atoms with E-state index in [0.29, 0.717) is 27.8 Å². The molecule has 14 heteroatoms. The standard InChI is InChI=1S/C25H22F3N7O2S2/c1-13(2)23-33-20(21(38-23)18-8-9-29-25(32-18)34-24-30-10-11-31-24)14-6-7-15(26)19(12-14)35-39(36,37)22-16(27)4-3-5-17(22)28/h3-13,15,19,35H,1-2H3,(H2,29,30,31,32,34). The second kappa shape index (κ2) is 10.7. The molecule has 3 aromatic heterocycles. The van der Waals surface area contributed by atoms with Crippen molar-refractivity contribution >= 4 is 38.8 Å². The molecule has 0 fully saturated rings. The molecule has 0 aliphatic heterocycles. The molecule has 1 aliphatic carbocycles. The number of nitrogens with one attached hydrogen (secondary N) is 3. The Bertz CT molecular complexity index is 1650. The number of H-pyrrole nitrogens is 1. The van der Waals surface area contributed by atoms with E-state index in [2.05, 4.69) is 30.0 Å². The van der Waals surface area contributed by atoms with Gasteiger partial charge in [-0.2, -0.15) is 0 Å². The average molecular weight is 574 g/mol. The van der Waals surface area contributed by atoms with Gasteiger partial charge in [0.15, 0.2) is 4.90 Å². The molecule has 9 nitrogen and oxygen atoms in total. The Morgan fingerprint density at radius 1 is 1.08 bits per heavy atom. The van der Waals surface area contributed by atoms with E-state index in [1.165, 1.54) is 29.6 Å². The fourth-order valence-electron chi connectivity index (χ4n) is 3.83. The first-order chi connectivity index (χ1) is 18.6. The number of alkyl halides is 1. The van der Waals surface area contributed by atoms with E-state index in [1.807, 2.05) is 13.8 Å². The van der Waals surface area contributed by atoms with Crippen molar-refractivity contribution in [2.24, 2.45) is 0 Å². The fourth-order valence-corrected chi connectivity index (χ4v) is 6.21. The number of sulfonamides is 1. The lowest BCUT2D eigenvalue weighted by molar-refractivity contribution is 0.353. The van der Waals surface area contributed by atoms with Gasteiger partial charge in [0.1, 0.15) is 17.8 Å². The number of hydrogen-bond acceptors (Lipinski definition) is 8. The molecule has 0 amide bonds.